The molecule has 0 spiro atoms. The summed E-state index contributed by atoms with van der Waals surface area (Å²) in [6.07, 6.45) is 5.77. The first-order chi connectivity index (χ1) is 28.9. The zero-order valence-corrected chi connectivity index (χ0v) is 34.0. The summed E-state index contributed by atoms with van der Waals surface area (Å²) in [4.78, 5) is 51.3. The molecule has 4 fully saturated rings. The zero-order chi connectivity index (χ0) is 41.4. The number of imide groups is 1. The Morgan fingerprint density at radius 2 is 1.80 bits per heavy atom. The largest absolute Gasteiger partial charge is 0.488 e. The molecule has 5 aromatic rings. The van der Waals surface area contributed by atoms with Gasteiger partial charge in [0.05, 0.1) is 40.6 Å². The van der Waals surface area contributed by atoms with E-state index in [0.717, 1.165) is 62.2 Å². The summed E-state index contributed by atoms with van der Waals surface area (Å²) in [5.74, 6) is -2.16. The zero-order valence-electron chi connectivity index (χ0n) is 33.2. The van der Waals surface area contributed by atoms with Crippen molar-refractivity contribution in [3.8, 4) is 11.5 Å². The summed E-state index contributed by atoms with van der Waals surface area (Å²) >= 11 is 6.61. The Balaban J connectivity index is 0.752. The Hall–Kier alpha value is -5.55. The number of hydrogen-bond acceptors (Lipinski definition) is 12. The Labute approximate surface area is 348 Å². The number of fused-ring (bicyclic) bond motifs is 4. The number of nitrogens with zero attached hydrogens (tertiary/aromatic N) is 7. The number of rotatable bonds is 9. The third kappa shape index (κ3) is 7.14. The van der Waals surface area contributed by atoms with Crippen LogP contribution in [-0.4, -0.2) is 98.4 Å². The van der Waals surface area contributed by atoms with E-state index in [4.69, 9.17) is 26.1 Å². The Morgan fingerprint density at radius 1 is 1.00 bits per heavy atom. The molecule has 314 valence electrons. The molecule has 2 aromatic carbocycles. The molecular weight excluding hydrogens is 798 g/mol. The number of piperidine rings is 2. The number of alkyl halides is 2. The molecule has 2 atom stereocenters. The number of carbonyl (C=O) groups is 2. The highest BCUT2D eigenvalue weighted by molar-refractivity contribution is 6.33. The van der Waals surface area contributed by atoms with Crippen molar-refractivity contribution in [3.05, 3.63) is 63.7 Å². The van der Waals surface area contributed by atoms with Crippen LogP contribution in [0.3, 0.4) is 0 Å². The maximum absolute atomic E-state index is 15.1. The lowest BCUT2D eigenvalue weighted by Crippen LogP contribution is -2.55. The molecule has 3 N–H and O–H groups in total. The number of hydrogen-bond donors (Lipinski definition) is 3. The molecule has 60 heavy (non-hydrogen) atoms. The molecule has 1 unspecified atom stereocenters. The lowest BCUT2D eigenvalue weighted by Gasteiger charge is -2.42. The molecule has 2 amide bonds. The Bertz CT molecular complexity index is 2600. The van der Waals surface area contributed by atoms with E-state index >= 15 is 8.78 Å². The van der Waals surface area contributed by atoms with Crippen LogP contribution < -0.4 is 35.9 Å². The van der Waals surface area contributed by atoms with E-state index in [9.17, 15) is 14.4 Å². The fourth-order valence-corrected chi connectivity index (χ4v) is 9.33. The number of aromatic nitrogens is 5. The van der Waals surface area contributed by atoms with Crippen molar-refractivity contribution < 1.29 is 27.8 Å². The Morgan fingerprint density at radius 3 is 2.57 bits per heavy atom. The van der Waals surface area contributed by atoms with Crippen LogP contribution in [0.2, 0.25) is 5.02 Å². The van der Waals surface area contributed by atoms with Crippen molar-refractivity contribution in [2.75, 3.05) is 54.9 Å². The molecule has 3 saturated heterocycles. The van der Waals surface area contributed by atoms with E-state index in [1.807, 2.05) is 25.2 Å². The van der Waals surface area contributed by atoms with Crippen molar-refractivity contribution in [3.63, 3.8) is 0 Å². The number of halogens is 3. The van der Waals surface area contributed by atoms with E-state index in [-0.39, 0.29) is 35.3 Å². The van der Waals surface area contributed by atoms with Crippen LogP contribution in [0, 0.1) is 11.8 Å². The molecule has 1 saturated carbocycles. The highest BCUT2D eigenvalue weighted by Gasteiger charge is 2.51. The summed E-state index contributed by atoms with van der Waals surface area (Å²) < 4.78 is 45.3. The van der Waals surface area contributed by atoms with E-state index in [0.29, 0.717) is 70.7 Å². The second-order valence-corrected chi connectivity index (χ2v) is 17.3. The molecule has 3 aromatic heterocycles. The summed E-state index contributed by atoms with van der Waals surface area (Å²) in [7, 11) is 3.45. The number of pyridine rings is 1. The highest BCUT2D eigenvalue weighted by atomic mass is 35.5. The summed E-state index contributed by atoms with van der Waals surface area (Å²) in [6.45, 7) is 3.38. The predicted molar refractivity (Wildman–Crippen MR) is 222 cm³/mol. The third-order valence-electron chi connectivity index (χ3n) is 12.7. The first-order valence-corrected chi connectivity index (χ1v) is 20.9. The van der Waals surface area contributed by atoms with Crippen molar-refractivity contribution in [2.45, 2.75) is 62.5 Å². The van der Waals surface area contributed by atoms with Gasteiger partial charge in [0.1, 0.15) is 16.9 Å². The summed E-state index contributed by atoms with van der Waals surface area (Å²) in [5.41, 5.74) is 2.55. The lowest BCUT2D eigenvalue weighted by molar-refractivity contribution is -0.134. The molecule has 15 nitrogen and oxygen atoms in total. The Kier molecular flexibility index (Phi) is 9.57. The molecular formula is C42H45ClF2N10O5. The SMILES string of the molecule is Cn1nc(C2CCC(=O)NC2=O)c2ccc(OC3CN(CC4CCN(c5ncc(Cl)c(Nc6ccc7c(c6)c6c(c(=O)n7C)OCC(F)(F)[C@H](C7CC7)N6)n5)CC4)C3)cc21. The van der Waals surface area contributed by atoms with Gasteiger partial charge < -0.3 is 29.6 Å². The third-order valence-corrected chi connectivity index (χ3v) is 12.9. The second-order valence-electron chi connectivity index (χ2n) is 16.9. The van der Waals surface area contributed by atoms with Crippen LogP contribution >= 0.6 is 11.6 Å². The van der Waals surface area contributed by atoms with E-state index < -0.39 is 30.0 Å². The number of anilines is 4. The monoisotopic (exact) mass is 842 g/mol. The number of ether oxygens (including phenoxy) is 2. The van der Waals surface area contributed by atoms with Gasteiger partial charge in [-0.3, -0.25) is 29.3 Å². The normalized spacial score (nSPS) is 22.4. The average molecular weight is 843 g/mol. The molecule has 0 bridgehead atoms. The fraction of sp³-hybridized carbons (Fsp3) is 0.476. The van der Waals surface area contributed by atoms with Crippen LogP contribution in [-0.2, 0) is 23.7 Å². The minimum atomic E-state index is -3.13. The van der Waals surface area contributed by atoms with Gasteiger partial charge >= 0.3 is 5.92 Å². The van der Waals surface area contributed by atoms with E-state index in [1.165, 1.54) is 4.57 Å². The number of carbonyl (C=O) groups excluding carboxylic acids is 2. The summed E-state index contributed by atoms with van der Waals surface area (Å²) in [6, 6.07) is 10.1. The maximum atomic E-state index is 15.1. The van der Waals surface area contributed by atoms with Gasteiger partial charge in [-0.05, 0) is 74.3 Å². The van der Waals surface area contributed by atoms with Gasteiger partial charge in [0, 0.05) is 75.8 Å². The average Bonchev–Trinajstić information content (AvgIpc) is 4.02. The minimum Gasteiger partial charge on any atom is -0.488 e. The number of likely N-dealkylation sites (tertiary alicyclic amines) is 1. The number of aryl methyl sites for hydroxylation is 2. The van der Waals surface area contributed by atoms with Gasteiger partial charge in [-0.2, -0.15) is 10.1 Å². The van der Waals surface area contributed by atoms with Crippen LogP contribution in [0.25, 0.3) is 21.8 Å². The van der Waals surface area contributed by atoms with Gasteiger partial charge in [0.25, 0.3) is 5.56 Å². The molecule has 4 aliphatic heterocycles. The molecule has 18 heteroatoms. The van der Waals surface area contributed by atoms with E-state index in [2.05, 4.69) is 35.8 Å². The van der Waals surface area contributed by atoms with Crippen molar-refractivity contribution >= 4 is 68.4 Å². The van der Waals surface area contributed by atoms with Gasteiger partial charge in [-0.25, -0.2) is 13.8 Å². The highest BCUT2D eigenvalue weighted by Crippen LogP contribution is 2.46. The van der Waals surface area contributed by atoms with Gasteiger partial charge in [0.2, 0.25) is 23.5 Å². The molecule has 7 heterocycles. The standard InChI is InChI=1S/C42H45ClF2N10O5/c1-52-31-9-5-24(15-29(31)35-36(40(52)58)59-21-42(44,45)37(49-35)23-3-4-23)47-38-30(43)17-46-41(50-38)55-13-11-22(12-14-55)18-54-19-26(20-54)60-25-6-7-27-32(16-25)53(2)51-34(27)28-8-10-33(56)48-39(28)57/h5-7,9,15-17,22-23,26,28,37,49H,3-4,8,10-14,18-21H2,1-2H3,(H,46,47,50)(H,48,56,57)/t28?,37-/m0/s1. The van der Waals surface area contributed by atoms with Gasteiger partial charge in [-0.15, -0.1) is 0 Å². The van der Waals surface area contributed by atoms with Crippen LogP contribution in [0.4, 0.5) is 31.9 Å². The lowest BCUT2D eigenvalue weighted by atomic mass is 9.93. The quantitative estimate of drug-likeness (QED) is 0.164. The van der Waals surface area contributed by atoms with Crippen molar-refractivity contribution in [2.24, 2.45) is 25.9 Å². The number of nitrogens with one attached hydrogen (secondary N) is 3. The second kappa shape index (κ2) is 14.9. The van der Waals surface area contributed by atoms with Crippen molar-refractivity contribution in [1.82, 2.24) is 34.5 Å². The van der Waals surface area contributed by atoms with Crippen molar-refractivity contribution in [1.29, 1.82) is 0 Å². The van der Waals surface area contributed by atoms with Crippen LogP contribution in [0.5, 0.6) is 11.5 Å². The van der Waals surface area contributed by atoms with Crippen LogP contribution in [0.1, 0.15) is 50.1 Å². The first-order valence-electron chi connectivity index (χ1n) is 20.6. The van der Waals surface area contributed by atoms with Gasteiger partial charge in [-0.1, -0.05) is 11.6 Å². The molecule has 10 rings (SSSR count). The number of benzene rings is 2. The predicted octanol–water partition coefficient (Wildman–Crippen LogP) is 5.33. The van der Waals surface area contributed by atoms with Gasteiger partial charge in [0.15, 0.2) is 12.4 Å². The fourth-order valence-electron chi connectivity index (χ4n) is 9.19. The smallest absolute Gasteiger partial charge is 0.301 e. The number of amides is 2. The summed E-state index contributed by atoms with van der Waals surface area (Å²) in [5, 5.41) is 15.2. The molecule has 0 radical (unpaired) electrons. The first kappa shape index (κ1) is 38.6. The maximum Gasteiger partial charge on any atom is 0.301 e. The topological polar surface area (TPSA) is 161 Å². The minimum absolute atomic E-state index is 0.0808. The molecule has 5 aliphatic rings. The van der Waals surface area contributed by atoms with Crippen LogP contribution in [0.15, 0.2) is 47.4 Å². The van der Waals surface area contributed by atoms with E-state index in [1.54, 1.807) is 36.1 Å². The molecule has 1 aliphatic carbocycles.